The summed E-state index contributed by atoms with van der Waals surface area (Å²) < 4.78 is 33.4. The molecule has 0 bridgehead atoms. The summed E-state index contributed by atoms with van der Waals surface area (Å²) in [7, 11) is -2.17. The van der Waals surface area contributed by atoms with Crippen LogP contribution in [0.2, 0.25) is 0 Å². The molecule has 0 spiro atoms. The molecule has 1 N–H and O–H groups in total. The van der Waals surface area contributed by atoms with Crippen molar-refractivity contribution < 1.29 is 13.2 Å². The maximum Gasteiger partial charge on any atom is 0.244 e. The van der Waals surface area contributed by atoms with Crippen LogP contribution in [0.1, 0.15) is 30.9 Å². The number of nitrogens with one attached hydrogen (secondary N) is 1. The molecule has 5 nitrogen and oxygen atoms in total. The fourth-order valence-electron chi connectivity index (χ4n) is 3.44. The molecule has 0 saturated carbocycles. The number of para-hydroxylation sites is 1. The molecular weight excluding hydrogens is 360 g/mol. The molecule has 0 aliphatic carbocycles. The summed E-state index contributed by atoms with van der Waals surface area (Å²) in [4.78, 5) is 2.61. The van der Waals surface area contributed by atoms with E-state index >= 15 is 0 Å². The van der Waals surface area contributed by atoms with Crippen molar-refractivity contribution in [3.8, 4) is 5.75 Å². The van der Waals surface area contributed by atoms with Crippen molar-refractivity contribution in [2.45, 2.75) is 37.8 Å². The van der Waals surface area contributed by atoms with E-state index in [0.29, 0.717) is 5.75 Å². The van der Waals surface area contributed by atoms with Gasteiger partial charge in [0.1, 0.15) is 10.6 Å². The highest BCUT2D eigenvalue weighted by molar-refractivity contribution is 7.89. The van der Waals surface area contributed by atoms with Crippen molar-refractivity contribution in [3.63, 3.8) is 0 Å². The zero-order valence-corrected chi connectivity index (χ0v) is 16.8. The summed E-state index contributed by atoms with van der Waals surface area (Å²) in [6.45, 7) is 5.63. The predicted octanol–water partition coefficient (Wildman–Crippen LogP) is 3.41. The van der Waals surface area contributed by atoms with Crippen LogP contribution in [-0.2, 0) is 23.1 Å². The van der Waals surface area contributed by atoms with E-state index in [1.165, 1.54) is 25.5 Å². The molecule has 0 aromatic heterocycles. The van der Waals surface area contributed by atoms with Crippen LogP contribution in [0.5, 0.6) is 5.75 Å². The Morgan fingerprint density at radius 1 is 1.04 bits per heavy atom. The average Bonchev–Trinajstić information content (AvgIpc) is 2.69. The highest BCUT2D eigenvalue weighted by atomic mass is 32.2. The van der Waals surface area contributed by atoms with E-state index < -0.39 is 10.0 Å². The molecule has 1 fully saturated rings. The van der Waals surface area contributed by atoms with Crippen molar-refractivity contribution in [1.29, 1.82) is 0 Å². The lowest BCUT2D eigenvalue weighted by atomic mass is 9.98. The monoisotopic (exact) mass is 388 g/mol. The molecule has 3 rings (SSSR count). The van der Waals surface area contributed by atoms with Gasteiger partial charge in [-0.2, -0.15) is 0 Å². The number of methoxy groups -OCH3 is 1. The van der Waals surface area contributed by atoms with Crippen molar-refractivity contribution in [2.75, 3.05) is 20.2 Å². The first kappa shape index (κ1) is 19.9. The Bertz CT molecular complexity index is 859. The third kappa shape index (κ3) is 5.09. The molecule has 1 aliphatic heterocycles. The van der Waals surface area contributed by atoms with Crippen LogP contribution < -0.4 is 9.46 Å². The Morgan fingerprint density at radius 3 is 2.37 bits per heavy atom. The van der Waals surface area contributed by atoms with Crippen molar-refractivity contribution in [2.24, 2.45) is 5.92 Å². The molecule has 2 aromatic rings. The first-order valence-corrected chi connectivity index (χ1v) is 10.9. The van der Waals surface area contributed by atoms with E-state index in [2.05, 4.69) is 22.6 Å². The second kappa shape index (κ2) is 8.87. The number of hydrogen-bond acceptors (Lipinski definition) is 4. The molecule has 27 heavy (non-hydrogen) atoms. The minimum atomic E-state index is -3.65. The predicted molar refractivity (Wildman–Crippen MR) is 107 cm³/mol. The minimum Gasteiger partial charge on any atom is -0.495 e. The fourth-order valence-corrected chi connectivity index (χ4v) is 4.61. The lowest BCUT2D eigenvalue weighted by Crippen LogP contribution is -2.33. The quantitative estimate of drug-likeness (QED) is 0.790. The largest absolute Gasteiger partial charge is 0.495 e. The molecular formula is C21H28N2O3S. The zero-order chi connectivity index (χ0) is 19.3. The molecule has 1 aliphatic rings. The van der Waals surface area contributed by atoms with Crippen molar-refractivity contribution >= 4 is 10.0 Å². The van der Waals surface area contributed by atoms with E-state index in [-0.39, 0.29) is 11.4 Å². The first-order chi connectivity index (χ1) is 13.0. The van der Waals surface area contributed by atoms with Crippen LogP contribution in [0.15, 0.2) is 53.4 Å². The Morgan fingerprint density at radius 2 is 1.67 bits per heavy atom. The van der Waals surface area contributed by atoms with Gasteiger partial charge < -0.3 is 4.74 Å². The van der Waals surface area contributed by atoms with Crippen LogP contribution >= 0.6 is 0 Å². The van der Waals surface area contributed by atoms with Crippen molar-refractivity contribution in [1.82, 2.24) is 9.62 Å². The molecule has 1 saturated heterocycles. The van der Waals surface area contributed by atoms with Gasteiger partial charge in [0, 0.05) is 13.1 Å². The number of benzene rings is 2. The third-order valence-electron chi connectivity index (χ3n) is 5.20. The molecule has 0 atom stereocenters. The summed E-state index contributed by atoms with van der Waals surface area (Å²) in [6, 6.07) is 14.7. The lowest BCUT2D eigenvalue weighted by molar-refractivity contribution is 0.185. The first-order valence-electron chi connectivity index (χ1n) is 9.41. The normalized spacial score (nSPS) is 16.4. The SMILES string of the molecule is COc1ccccc1S(=O)(=O)NCc1ccccc1CN1CCC(C)CC1. The standard InChI is InChI=1S/C21H28N2O3S/c1-17-11-13-23(14-12-17)16-19-8-4-3-7-18(19)15-22-27(24,25)21-10-6-5-9-20(21)26-2/h3-10,17,22H,11-16H2,1-2H3. The second-order valence-electron chi connectivity index (χ2n) is 7.20. The highest BCUT2D eigenvalue weighted by Crippen LogP contribution is 2.23. The van der Waals surface area contributed by atoms with Crippen molar-refractivity contribution in [3.05, 3.63) is 59.7 Å². The average molecular weight is 389 g/mol. The summed E-state index contributed by atoms with van der Waals surface area (Å²) in [5.41, 5.74) is 2.18. The van der Waals surface area contributed by atoms with E-state index in [1.807, 2.05) is 18.2 Å². The minimum absolute atomic E-state index is 0.162. The van der Waals surface area contributed by atoms with Gasteiger partial charge >= 0.3 is 0 Å². The molecule has 0 unspecified atom stereocenters. The van der Waals surface area contributed by atoms with Gasteiger partial charge in [-0.05, 0) is 55.1 Å². The van der Waals surface area contributed by atoms with E-state index in [4.69, 9.17) is 4.74 Å². The van der Waals surface area contributed by atoms with Gasteiger partial charge in [0.2, 0.25) is 10.0 Å². The smallest absolute Gasteiger partial charge is 0.244 e. The van der Waals surface area contributed by atoms with Crippen LogP contribution in [0.4, 0.5) is 0 Å². The maximum atomic E-state index is 12.7. The number of likely N-dealkylation sites (tertiary alicyclic amines) is 1. The number of hydrogen-bond donors (Lipinski definition) is 1. The van der Waals surface area contributed by atoms with Crippen LogP contribution in [0.25, 0.3) is 0 Å². The third-order valence-corrected chi connectivity index (χ3v) is 6.64. The number of nitrogens with zero attached hydrogens (tertiary/aromatic N) is 1. The molecule has 1 heterocycles. The van der Waals surface area contributed by atoms with E-state index in [0.717, 1.165) is 31.1 Å². The van der Waals surface area contributed by atoms with Gasteiger partial charge in [-0.1, -0.05) is 43.3 Å². The van der Waals surface area contributed by atoms with E-state index in [9.17, 15) is 8.42 Å². The lowest BCUT2D eigenvalue weighted by Gasteiger charge is -2.30. The fraction of sp³-hybridized carbons (Fsp3) is 0.429. The Kier molecular flexibility index (Phi) is 6.52. The van der Waals surface area contributed by atoms with Crippen LogP contribution in [0, 0.1) is 5.92 Å². The van der Waals surface area contributed by atoms with Gasteiger partial charge in [-0.25, -0.2) is 13.1 Å². The Hall–Kier alpha value is -1.89. The summed E-state index contributed by atoms with van der Waals surface area (Å²) in [5, 5.41) is 0. The second-order valence-corrected chi connectivity index (χ2v) is 8.94. The number of piperidine rings is 1. The molecule has 146 valence electrons. The molecule has 0 radical (unpaired) electrons. The van der Waals surface area contributed by atoms with E-state index in [1.54, 1.807) is 24.3 Å². The van der Waals surface area contributed by atoms with Gasteiger partial charge in [0.05, 0.1) is 7.11 Å². The molecule has 6 heteroatoms. The summed E-state index contributed by atoms with van der Waals surface area (Å²) >= 11 is 0. The number of sulfonamides is 1. The van der Waals surface area contributed by atoms with Gasteiger partial charge in [-0.15, -0.1) is 0 Å². The van der Waals surface area contributed by atoms with Crippen LogP contribution in [-0.4, -0.2) is 33.5 Å². The summed E-state index contributed by atoms with van der Waals surface area (Å²) in [6.07, 6.45) is 2.45. The van der Waals surface area contributed by atoms with Gasteiger partial charge in [-0.3, -0.25) is 4.90 Å². The molecule has 2 aromatic carbocycles. The van der Waals surface area contributed by atoms with Gasteiger partial charge in [0.25, 0.3) is 0 Å². The van der Waals surface area contributed by atoms with Gasteiger partial charge in [0.15, 0.2) is 0 Å². The molecule has 0 amide bonds. The number of ether oxygens (including phenoxy) is 1. The topological polar surface area (TPSA) is 58.6 Å². The zero-order valence-electron chi connectivity index (χ0n) is 16.0. The van der Waals surface area contributed by atoms with Crippen LogP contribution in [0.3, 0.4) is 0 Å². The Labute approximate surface area is 162 Å². The highest BCUT2D eigenvalue weighted by Gasteiger charge is 2.20. The number of rotatable bonds is 7. The Balaban J connectivity index is 1.71. The maximum absolute atomic E-state index is 12.7. The summed E-state index contributed by atoms with van der Waals surface area (Å²) in [5.74, 6) is 1.14.